The molecule has 4 rings (SSSR count). The molecule has 0 atom stereocenters. The molecule has 0 radical (unpaired) electrons. The summed E-state index contributed by atoms with van der Waals surface area (Å²) >= 11 is 3.20. The Labute approximate surface area is 178 Å². The number of rotatable bonds is 6. The highest BCUT2D eigenvalue weighted by Gasteiger charge is 2.16. The van der Waals surface area contributed by atoms with Crippen molar-refractivity contribution >= 4 is 39.2 Å². The fraction of sp³-hybridized carbons (Fsp3) is 0.174. The van der Waals surface area contributed by atoms with E-state index in [2.05, 4.69) is 41.3 Å². The van der Waals surface area contributed by atoms with E-state index in [0.29, 0.717) is 12.1 Å². The van der Waals surface area contributed by atoms with E-state index < -0.39 is 0 Å². The average Bonchev–Trinajstić information content (AvgIpc) is 3.04. The second-order valence-corrected chi connectivity index (χ2v) is 8.97. The van der Waals surface area contributed by atoms with Gasteiger partial charge in [0.1, 0.15) is 16.2 Å². The topological polar surface area (TPSA) is 54.9 Å². The minimum Gasteiger partial charge on any atom is -0.352 e. The number of carbonyl (C=O) groups is 1. The quantitative estimate of drug-likeness (QED) is 0.423. The van der Waals surface area contributed by atoms with Crippen molar-refractivity contribution in [2.24, 2.45) is 0 Å². The molecule has 0 bridgehead atoms. The van der Waals surface area contributed by atoms with Gasteiger partial charge in [-0.3, -0.25) is 4.79 Å². The fourth-order valence-electron chi connectivity index (χ4n) is 3.14. The molecule has 6 heteroatoms. The Hall–Kier alpha value is -2.70. The van der Waals surface area contributed by atoms with E-state index >= 15 is 0 Å². The van der Waals surface area contributed by atoms with Crippen molar-refractivity contribution in [3.8, 4) is 0 Å². The SMILES string of the molecule is Cc1sc2ncnc(Sc3ccccc3C(=O)NCCc3ccccc3)c2c1C. The Bertz CT molecular complexity index is 1160. The van der Waals surface area contributed by atoms with E-state index in [9.17, 15) is 4.79 Å². The first kappa shape index (κ1) is 19.6. The summed E-state index contributed by atoms with van der Waals surface area (Å²) in [6.45, 7) is 4.80. The highest BCUT2D eigenvalue weighted by molar-refractivity contribution is 7.99. The van der Waals surface area contributed by atoms with Crippen LogP contribution in [0, 0.1) is 13.8 Å². The molecule has 0 spiro atoms. The van der Waals surface area contributed by atoms with Crippen LogP contribution in [0.25, 0.3) is 10.2 Å². The molecule has 2 aromatic carbocycles. The molecular formula is C23H21N3OS2. The highest BCUT2D eigenvalue weighted by atomic mass is 32.2. The van der Waals surface area contributed by atoms with Crippen LogP contribution in [0.3, 0.4) is 0 Å². The van der Waals surface area contributed by atoms with Crippen LogP contribution in [0.2, 0.25) is 0 Å². The molecule has 0 aliphatic carbocycles. The zero-order valence-corrected chi connectivity index (χ0v) is 17.9. The van der Waals surface area contributed by atoms with Crippen LogP contribution in [0.4, 0.5) is 0 Å². The van der Waals surface area contributed by atoms with Crippen molar-refractivity contribution in [1.29, 1.82) is 0 Å². The predicted molar refractivity (Wildman–Crippen MR) is 120 cm³/mol. The lowest BCUT2D eigenvalue weighted by molar-refractivity contribution is 0.0951. The molecule has 0 aliphatic rings. The van der Waals surface area contributed by atoms with Crippen LogP contribution in [-0.4, -0.2) is 22.4 Å². The lowest BCUT2D eigenvalue weighted by Crippen LogP contribution is -2.26. The lowest BCUT2D eigenvalue weighted by atomic mass is 10.1. The molecule has 0 saturated heterocycles. The molecule has 0 fully saturated rings. The zero-order chi connectivity index (χ0) is 20.2. The Morgan fingerprint density at radius 1 is 1.03 bits per heavy atom. The van der Waals surface area contributed by atoms with Gasteiger partial charge in [0.05, 0.1) is 5.56 Å². The Balaban J connectivity index is 1.54. The Morgan fingerprint density at radius 3 is 2.62 bits per heavy atom. The molecule has 146 valence electrons. The Morgan fingerprint density at radius 2 is 1.79 bits per heavy atom. The van der Waals surface area contributed by atoms with Crippen LogP contribution in [-0.2, 0) is 6.42 Å². The second kappa shape index (κ2) is 8.76. The van der Waals surface area contributed by atoms with Crippen LogP contribution < -0.4 is 5.32 Å². The van der Waals surface area contributed by atoms with Gasteiger partial charge in [-0.15, -0.1) is 11.3 Å². The highest BCUT2D eigenvalue weighted by Crippen LogP contribution is 2.38. The standard InChI is InChI=1S/C23H21N3OS2/c1-15-16(2)28-22-20(15)23(26-14-25-22)29-19-11-7-6-10-18(19)21(27)24-13-12-17-8-4-3-5-9-17/h3-11,14H,12-13H2,1-2H3,(H,24,27). The number of benzene rings is 2. The van der Waals surface area contributed by atoms with E-state index in [1.54, 1.807) is 17.7 Å². The summed E-state index contributed by atoms with van der Waals surface area (Å²) in [6.07, 6.45) is 2.41. The van der Waals surface area contributed by atoms with E-state index in [1.807, 2.05) is 42.5 Å². The summed E-state index contributed by atoms with van der Waals surface area (Å²) in [5.41, 5.74) is 3.09. The average molecular weight is 420 g/mol. The third-order valence-electron chi connectivity index (χ3n) is 4.81. The summed E-state index contributed by atoms with van der Waals surface area (Å²) in [6, 6.07) is 17.8. The minimum atomic E-state index is -0.0625. The maximum absolute atomic E-state index is 12.8. The number of amides is 1. The van der Waals surface area contributed by atoms with Gasteiger partial charge >= 0.3 is 0 Å². The van der Waals surface area contributed by atoms with Crippen LogP contribution in [0.1, 0.15) is 26.4 Å². The maximum atomic E-state index is 12.8. The van der Waals surface area contributed by atoms with Gasteiger partial charge < -0.3 is 5.32 Å². The first-order chi connectivity index (χ1) is 14.1. The van der Waals surface area contributed by atoms with E-state index in [1.165, 1.54) is 27.8 Å². The van der Waals surface area contributed by atoms with Gasteiger partial charge in [-0.2, -0.15) is 0 Å². The largest absolute Gasteiger partial charge is 0.352 e. The molecule has 2 heterocycles. The number of hydrogen-bond donors (Lipinski definition) is 1. The molecule has 0 unspecified atom stereocenters. The van der Waals surface area contributed by atoms with Crippen molar-refractivity contribution in [2.45, 2.75) is 30.2 Å². The molecule has 29 heavy (non-hydrogen) atoms. The van der Waals surface area contributed by atoms with E-state index in [4.69, 9.17) is 0 Å². The summed E-state index contributed by atoms with van der Waals surface area (Å²) in [7, 11) is 0. The number of hydrogen-bond acceptors (Lipinski definition) is 5. The van der Waals surface area contributed by atoms with Gasteiger partial charge in [0.2, 0.25) is 0 Å². The third-order valence-corrected chi connectivity index (χ3v) is 7.00. The van der Waals surface area contributed by atoms with Crippen LogP contribution in [0.5, 0.6) is 0 Å². The number of aryl methyl sites for hydroxylation is 2. The molecule has 1 N–H and O–H groups in total. The van der Waals surface area contributed by atoms with Crippen molar-refractivity contribution in [3.63, 3.8) is 0 Å². The molecular weight excluding hydrogens is 398 g/mol. The number of nitrogens with zero attached hydrogens (tertiary/aromatic N) is 2. The number of fused-ring (bicyclic) bond motifs is 1. The van der Waals surface area contributed by atoms with Crippen molar-refractivity contribution < 1.29 is 4.79 Å². The normalized spacial score (nSPS) is 11.0. The maximum Gasteiger partial charge on any atom is 0.252 e. The van der Waals surface area contributed by atoms with Crippen LogP contribution >= 0.6 is 23.1 Å². The first-order valence-corrected chi connectivity index (χ1v) is 11.1. The smallest absolute Gasteiger partial charge is 0.252 e. The van der Waals surface area contributed by atoms with Gasteiger partial charge in [-0.1, -0.05) is 54.2 Å². The predicted octanol–water partition coefficient (Wildman–Crippen LogP) is 5.43. The number of nitrogens with one attached hydrogen (secondary N) is 1. The van der Waals surface area contributed by atoms with Gasteiger partial charge in [-0.25, -0.2) is 9.97 Å². The summed E-state index contributed by atoms with van der Waals surface area (Å²) in [5.74, 6) is -0.0625. The van der Waals surface area contributed by atoms with Gasteiger partial charge in [0, 0.05) is 21.7 Å². The van der Waals surface area contributed by atoms with Crippen molar-refractivity contribution in [1.82, 2.24) is 15.3 Å². The van der Waals surface area contributed by atoms with E-state index in [-0.39, 0.29) is 5.91 Å². The Kier molecular flexibility index (Phi) is 5.92. The molecule has 4 nitrogen and oxygen atoms in total. The fourth-order valence-corrected chi connectivity index (χ4v) is 5.27. The monoisotopic (exact) mass is 419 g/mol. The van der Waals surface area contributed by atoms with Gasteiger partial charge in [-0.05, 0) is 43.5 Å². The number of carbonyl (C=O) groups excluding carboxylic acids is 1. The summed E-state index contributed by atoms with van der Waals surface area (Å²) in [5, 5.41) is 5.02. The molecule has 2 aromatic heterocycles. The van der Waals surface area contributed by atoms with Gasteiger partial charge in [0.25, 0.3) is 5.91 Å². The third kappa shape index (κ3) is 4.33. The molecule has 4 aromatic rings. The van der Waals surface area contributed by atoms with Crippen molar-refractivity contribution in [3.05, 3.63) is 82.5 Å². The van der Waals surface area contributed by atoms with Gasteiger partial charge in [0.15, 0.2) is 0 Å². The molecule has 0 saturated carbocycles. The summed E-state index contributed by atoms with van der Waals surface area (Å²) < 4.78 is 0. The number of aromatic nitrogens is 2. The molecule has 0 aliphatic heterocycles. The second-order valence-electron chi connectivity index (χ2n) is 6.73. The van der Waals surface area contributed by atoms with E-state index in [0.717, 1.165) is 26.6 Å². The molecule has 1 amide bonds. The number of thiophene rings is 1. The first-order valence-electron chi connectivity index (χ1n) is 9.43. The minimum absolute atomic E-state index is 0.0625. The lowest BCUT2D eigenvalue weighted by Gasteiger charge is -2.10. The summed E-state index contributed by atoms with van der Waals surface area (Å²) in [4.78, 5) is 24.9. The zero-order valence-electron chi connectivity index (χ0n) is 16.3. The van der Waals surface area contributed by atoms with Crippen molar-refractivity contribution in [2.75, 3.05) is 6.54 Å². The van der Waals surface area contributed by atoms with Crippen LogP contribution in [0.15, 0.2) is 70.8 Å².